The lowest BCUT2D eigenvalue weighted by atomic mass is 10.2. The van der Waals surface area contributed by atoms with Gasteiger partial charge in [0.05, 0.1) is 25.5 Å². The van der Waals surface area contributed by atoms with Gasteiger partial charge in [0.2, 0.25) is 11.8 Å². The van der Waals surface area contributed by atoms with E-state index in [4.69, 9.17) is 4.74 Å². The summed E-state index contributed by atoms with van der Waals surface area (Å²) < 4.78 is 7.05. The van der Waals surface area contributed by atoms with E-state index in [0.717, 1.165) is 5.56 Å². The number of carbonyl (C=O) groups is 2. The predicted octanol–water partition coefficient (Wildman–Crippen LogP) is 2.24. The van der Waals surface area contributed by atoms with Gasteiger partial charge in [-0.3, -0.25) is 19.2 Å². The van der Waals surface area contributed by atoms with Crippen molar-refractivity contribution < 1.29 is 14.3 Å². The Labute approximate surface area is 159 Å². The van der Waals surface area contributed by atoms with Gasteiger partial charge in [0.25, 0.3) is 0 Å². The number of aryl methyl sites for hydroxylation is 1. The number of ether oxygens (including phenoxy) is 1. The molecule has 2 aromatic rings. The number of nitrogens with zero attached hydrogens (tertiary/aromatic N) is 3. The summed E-state index contributed by atoms with van der Waals surface area (Å²) >= 11 is 0. The third-order valence-electron chi connectivity index (χ3n) is 4.01. The summed E-state index contributed by atoms with van der Waals surface area (Å²) in [7, 11) is 3.40. The Bertz CT molecular complexity index is 800. The van der Waals surface area contributed by atoms with Gasteiger partial charge >= 0.3 is 0 Å². The second kappa shape index (κ2) is 9.18. The van der Waals surface area contributed by atoms with Crippen molar-refractivity contribution in [3.05, 3.63) is 36.2 Å². The molecule has 2 N–H and O–H groups in total. The minimum atomic E-state index is -0.181. The molecule has 1 heterocycles. The summed E-state index contributed by atoms with van der Waals surface area (Å²) in [6.45, 7) is 6.37. The molecule has 0 aliphatic heterocycles. The fraction of sp³-hybridized carbons (Fsp3) is 0.421. The molecular weight excluding hydrogens is 346 g/mol. The van der Waals surface area contributed by atoms with Crippen molar-refractivity contribution >= 4 is 23.2 Å². The molecule has 8 heteroatoms. The van der Waals surface area contributed by atoms with Gasteiger partial charge in [-0.25, -0.2) is 0 Å². The number of hydrogen-bond donors (Lipinski definition) is 2. The summed E-state index contributed by atoms with van der Waals surface area (Å²) in [4.78, 5) is 25.9. The first kappa shape index (κ1) is 20.4. The van der Waals surface area contributed by atoms with E-state index in [9.17, 15) is 9.59 Å². The smallest absolute Gasteiger partial charge is 0.238 e. The Balaban J connectivity index is 2.08. The van der Waals surface area contributed by atoms with E-state index >= 15 is 0 Å². The number of nitrogens with one attached hydrogen (secondary N) is 2. The normalized spacial score (nSPS) is 10.9. The van der Waals surface area contributed by atoms with Crippen LogP contribution in [0, 0.1) is 0 Å². The Morgan fingerprint density at radius 3 is 2.59 bits per heavy atom. The van der Waals surface area contributed by atoms with Crippen LogP contribution in [0.3, 0.4) is 0 Å². The van der Waals surface area contributed by atoms with Crippen LogP contribution in [-0.2, 0) is 23.2 Å². The van der Waals surface area contributed by atoms with Crippen LogP contribution >= 0.6 is 0 Å². The molecule has 1 aromatic carbocycles. The maximum Gasteiger partial charge on any atom is 0.238 e. The highest BCUT2D eigenvalue weighted by molar-refractivity contribution is 5.95. The van der Waals surface area contributed by atoms with E-state index in [1.807, 2.05) is 27.1 Å². The molecule has 0 radical (unpaired) electrons. The first-order chi connectivity index (χ1) is 12.8. The van der Waals surface area contributed by atoms with Gasteiger partial charge < -0.3 is 15.4 Å². The van der Waals surface area contributed by atoms with Gasteiger partial charge in [-0.2, -0.15) is 5.10 Å². The lowest BCUT2D eigenvalue weighted by Crippen LogP contribution is -2.37. The second-order valence-corrected chi connectivity index (χ2v) is 6.67. The summed E-state index contributed by atoms with van der Waals surface area (Å²) in [5.41, 5.74) is 2.15. The second-order valence-electron chi connectivity index (χ2n) is 6.67. The molecule has 1 aromatic heterocycles. The number of hydrogen-bond acceptors (Lipinski definition) is 5. The van der Waals surface area contributed by atoms with Crippen LogP contribution in [0.1, 0.15) is 26.3 Å². The number of amides is 2. The van der Waals surface area contributed by atoms with E-state index < -0.39 is 0 Å². The molecule has 0 fully saturated rings. The largest absolute Gasteiger partial charge is 0.495 e. The van der Waals surface area contributed by atoms with Crippen LogP contribution in [-0.4, -0.2) is 46.2 Å². The van der Waals surface area contributed by atoms with Gasteiger partial charge in [-0.15, -0.1) is 0 Å². The van der Waals surface area contributed by atoms with Crippen molar-refractivity contribution in [1.29, 1.82) is 0 Å². The minimum absolute atomic E-state index is 0.161. The molecule has 0 spiro atoms. The highest BCUT2D eigenvalue weighted by atomic mass is 16.5. The number of benzene rings is 1. The average Bonchev–Trinajstić information content (AvgIpc) is 2.99. The molecule has 0 aliphatic carbocycles. The van der Waals surface area contributed by atoms with Gasteiger partial charge in [0.1, 0.15) is 5.75 Å². The fourth-order valence-corrected chi connectivity index (χ4v) is 2.67. The van der Waals surface area contributed by atoms with Gasteiger partial charge in [-0.1, -0.05) is 0 Å². The zero-order valence-corrected chi connectivity index (χ0v) is 16.4. The maximum atomic E-state index is 12.6. The third-order valence-corrected chi connectivity index (χ3v) is 4.01. The van der Waals surface area contributed by atoms with Crippen molar-refractivity contribution in [3.8, 4) is 5.75 Å². The minimum Gasteiger partial charge on any atom is -0.495 e. The summed E-state index contributed by atoms with van der Waals surface area (Å²) in [6.07, 6.45) is 3.74. The Hall–Kier alpha value is -2.87. The van der Waals surface area contributed by atoms with Crippen LogP contribution in [0.2, 0.25) is 0 Å². The van der Waals surface area contributed by atoms with Crippen molar-refractivity contribution in [2.24, 2.45) is 7.05 Å². The molecule has 0 saturated heterocycles. The highest BCUT2D eigenvalue weighted by Crippen LogP contribution is 2.28. The monoisotopic (exact) mass is 373 g/mol. The number of methoxy groups -OCH3 is 1. The maximum absolute atomic E-state index is 12.6. The zero-order valence-electron chi connectivity index (χ0n) is 16.4. The summed E-state index contributed by atoms with van der Waals surface area (Å²) in [6, 6.07) is 5.29. The molecule has 146 valence electrons. The van der Waals surface area contributed by atoms with E-state index in [2.05, 4.69) is 20.6 Å². The van der Waals surface area contributed by atoms with Crippen LogP contribution < -0.4 is 15.4 Å². The van der Waals surface area contributed by atoms with E-state index in [0.29, 0.717) is 23.7 Å². The van der Waals surface area contributed by atoms with Crippen molar-refractivity contribution in [1.82, 2.24) is 14.7 Å². The van der Waals surface area contributed by atoms with Crippen molar-refractivity contribution in [2.45, 2.75) is 33.4 Å². The molecule has 0 bridgehead atoms. The van der Waals surface area contributed by atoms with E-state index in [-0.39, 0.29) is 24.4 Å². The molecule has 8 nitrogen and oxygen atoms in total. The molecule has 2 amide bonds. The van der Waals surface area contributed by atoms with Crippen LogP contribution in [0.15, 0.2) is 30.6 Å². The Morgan fingerprint density at radius 1 is 1.30 bits per heavy atom. The molecule has 27 heavy (non-hydrogen) atoms. The number of carbonyl (C=O) groups excluding carboxylic acids is 2. The lowest BCUT2D eigenvalue weighted by molar-refractivity contribution is -0.118. The summed E-state index contributed by atoms with van der Waals surface area (Å²) in [5, 5.41) is 9.74. The average molecular weight is 373 g/mol. The number of anilines is 2. The van der Waals surface area contributed by atoms with Crippen molar-refractivity contribution in [3.63, 3.8) is 0 Å². The Kier molecular flexibility index (Phi) is 6.95. The molecule has 0 unspecified atom stereocenters. The van der Waals surface area contributed by atoms with Gasteiger partial charge in [0.15, 0.2) is 0 Å². The van der Waals surface area contributed by atoms with E-state index in [1.54, 1.807) is 29.1 Å². The molecule has 0 saturated carbocycles. The Morgan fingerprint density at radius 2 is 2.04 bits per heavy atom. The quantitative estimate of drug-likeness (QED) is 0.741. The number of aromatic nitrogens is 2. The fourth-order valence-electron chi connectivity index (χ4n) is 2.67. The van der Waals surface area contributed by atoms with Gasteiger partial charge in [-0.05, 0) is 32.0 Å². The molecule has 0 atom stereocenters. The van der Waals surface area contributed by atoms with Crippen LogP contribution in [0.5, 0.6) is 5.75 Å². The SMILES string of the molecule is COc1ccc(NC(C)=O)cc1NC(=O)CN(Cc1cnn(C)c1)C(C)C. The zero-order chi connectivity index (χ0) is 20.0. The lowest BCUT2D eigenvalue weighted by Gasteiger charge is -2.25. The van der Waals surface area contributed by atoms with Gasteiger partial charge in [0, 0.05) is 44.0 Å². The van der Waals surface area contributed by atoms with E-state index in [1.165, 1.54) is 14.0 Å². The standard InChI is InChI=1S/C19H27N5O3/c1-13(2)24(11-15-9-20-23(4)10-15)12-19(26)22-17-8-16(21-14(3)25)6-7-18(17)27-5/h6-10,13H,11-12H2,1-5H3,(H,21,25)(H,22,26). The first-order valence-electron chi connectivity index (χ1n) is 8.75. The predicted molar refractivity (Wildman–Crippen MR) is 105 cm³/mol. The third kappa shape index (κ3) is 6.10. The molecule has 2 rings (SSSR count). The first-order valence-corrected chi connectivity index (χ1v) is 8.75. The summed E-state index contributed by atoms with van der Waals surface area (Å²) in [5.74, 6) is 0.187. The highest BCUT2D eigenvalue weighted by Gasteiger charge is 2.17. The number of rotatable bonds is 8. The van der Waals surface area contributed by atoms with Crippen LogP contribution in [0.25, 0.3) is 0 Å². The topological polar surface area (TPSA) is 88.5 Å². The van der Waals surface area contributed by atoms with Crippen molar-refractivity contribution in [2.75, 3.05) is 24.3 Å². The van der Waals surface area contributed by atoms with Crippen LogP contribution in [0.4, 0.5) is 11.4 Å². The molecular formula is C19H27N5O3. The molecule has 0 aliphatic rings.